The van der Waals surface area contributed by atoms with Gasteiger partial charge in [-0.3, -0.25) is 0 Å². The van der Waals surface area contributed by atoms with Gasteiger partial charge in [-0.2, -0.15) is 0 Å². The molecule has 3 N–H and O–H groups in total. The van der Waals surface area contributed by atoms with Crippen molar-refractivity contribution >= 4 is 5.82 Å². The lowest BCUT2D eigenvalue weighted by Gasteiger charge is -2.30. The standard InChI is InChI=1S/C13H20FN3/c1-13(14,9-10-5-2-3-7-16-10)11-6-4-8-17-12(11)15/h4,6,8,10,16H,2-3,5,7,9H2,1H3,(H2,15,17). The average molecular weight is 237 g/mol. The van der Waals surface area contributed by atoms with Gasteiger partial charge >= 0.3 is 0 Å². The van der Waals surface area contributed by atoms with Gasteiger partial charge in [-0.15, -0.1) is 0 Å². The Bertz CT molecular complexity index is 373. The Kier molecular flexibility index (Phi) is 3.62. The predicted molar refractivity (Wildman–Crippen MR) is 67.4 cm³/mol. The third-order valence-electron chi connectivity index (χ3n) is 3.44. The fourth-order valence-corrected chi connectivity index (χ4v) is 2.53. The van der Waals surface area contributed by atoms with Gasteiger partial charge in [0.15, 0.2) is 0 Å². The molecule has 0 saturated carbocycles. The minimum atomic E-state index is -1.41. The van der Waals surface area contributed by atoms with E-state index < -0.39 is 5.67 Å². The van der Waals surface area contributed by atoms with E-state index in [1.54, 1.807) is 25.3 Å². The van der Waals surface area contributed by atoms with Gasteiger partial charge < -0.3 is 11.1 Å². The number of rotatable bonds is 3. The van der Waals surface area contributed by atoms with E-state index in [4.69, 9.17) is 5.73 Å². The smallest absolute Gasteiger partial charge is 0.138 e. The summed E-state index contributed by atoms with van der Waals surface area (Å²) in [7, 11) is 0. The summed E-state index contributed by atoms with van der Waals surface area (Å²) in [6.45, 7) is 2.58. The number of piperidine rings is 1. The molecule has 94 valence electrons. The van der Waals surface area contributed by atoms with E-state index in [2.05, 4.69) is 10.3 Å². The van der Waals surface area contributed by atoms with Gasteiger partial charge in [0.2, 0.25) is 0 Å². The summed E-state index contributed by atoms with van der Waals surface area (Å²) in [6.07, 6.45) is 5.46. The first-order valence-electron chi connectivity index (χ1n) is 6.23. The molecule has 2 rings (SSSR count). The first kappa shape index (κ1) is 12.3. The summed E-state index contributed by atoms with van der Waals surface area (Å²) >= 11 is 0. The SMILES string of the molecule is CC(F)(CC1CCCCN1)c1cccnc1N. The van der Waals surface area contributed by atoms with Gasteiger partial charge in [0.1, 0.15) is 11.5 Å². The summed E-state index contributed by atoms with van der Waals surface area (Å²) in [4.78, 5) is 3.96. The number of aromatic nitrogens is 1. The summed E-state index contributed by atoms with van der Waals surface area (Å²) in [5.41, 5.74) is 4.84. The summed E-state index contributed by atoms with van der Waals surface area (Å²) in [5, 5.41) is 3.36. The lowest BCUT2D eigenvalue weighted by molar-refractivity contribution is 0.146. The molecule has 3 nitrogen and oxygen atoms in total. The molecule has 1 aromatic heterocycles. The normalized spacial score (nSPS) is 24.2. The van der Waals surface area contributed by atoms with E-state index in [0.29, 0.717) is 17.8 Å². The third-order valence-corrected chi connectivity index (χ3v) is 3.44. The lowest BCUT2D eigenvalue weighted by Crippen LogP contribution is -2.38. The molecule has 1 aliphatic rings. The zero-order valence-corrected chi connectivity index (χ0v) is 10.2. The molecule has 1 saturated heterocycles. The molecule has 1 aromatic rings. The number of halogens is 1. The van der Waals surface area contributed by atoms with E-state index >= 15 is 0 Å². The van der Waals surface area contributed by atoms with Gasteiger partial charge in [-0.05, 0) is 32.4 Å². The Labute approximate surface area is 102 Å². The second-order valence-corrected chi connectivity index (χ2v) is 4.98. The number of nitrogens with one attached hydrogen (secondary N) is 1. The van der Waals surface area contributed by atoms with Crippen LogP contribution < -0.4 is 11.1 Å². The van der Waals surface area contributed by atoms with Crippen molar-refractivity contribution in [1.82, 2.24) is 10.3 Å². The zero-order chi connectivity index (χ0) is 12.3. The van der Waals surface area contributed by atoms with Crippen molar-refractivity contribution in [3.63, 3.8) is 0 Å². The van der Waals surface area contributed by atoms with Crippen LogP contribution in [0.4, 0.5) is 10.2 Å². The second kappa shape index (κ2) is 5.00. The first-order valence-corrected chi connectivity index (χ1v) is 6.23. The van der Waals surface area contributed by atoms with Crippen molar-refractivity contribution in [2.24, 2.45) is 0 Å². The highest BCUT2D eigenvalue weighted by Gasteiger charge is 2.32. The lowest BCUT2D eigenvalue weighted by atomic mass is 9.88. The maximum atomic E-state index is 14.7. The van der Waals surface area contributed by atoms with Gasteiger partial charge in [0, 0.05) is 24.2 Å². The third kappa shape index (κ3) is 2.94. The van der Waals surface area contributed by atoms with Crippen LogP contribution in [-0.2, 0) is 5.67 Å². The molecule has 2 atom stereocenters. The van der Waals surface area contributed by atoms with Crippen LogP contribution in [0.5, 0.6) is 0 Å². The minimum absolute atomic E-state index is 0.248. The number of alkyl halides is 1. The Morgan fingerprint density at radius 3 is 3.06 bits per heavy atom. The van der Waals surface area contributed by atoms with Gasteiger partial charge in [-0.25, -0.2) is 9.37 Å². The van der Waals surface area contributed by atoms with Gasteiger partial charge in [0.05, 0.1) is 0 Å². The molecular weight excluding hydrogens is 217 g/mol. The number of nitrogens with two attached hydrogens (primary N) is 1. The van der Waals surface area contributed by atoms with Gasteiger partial charge in [-0.1, -0.05) is 12.5 Å². The Morgan fingerprint density at radius 2 is 2.41 bits per heavy atom. The number of hydrogen-bond acceptors (Lipinski definition) is 3. The molecule has 1 fully saturated rings. The maximum Gasteiger partial charge on any atom is 0.138 e. The molecule has 1 aliphatic heterocycles. The van der Waals surface area contributed by atoms with E-state index in [9.17, 15) is 4.39 Å². The van der Waals surface area contributed by atoms with Crippen molar-refractivity contribution in [2.75, 3.05) is 12.3 Å². The quantitative estimate of drug-likeness (QED) is 0.848. The first-order chi connectivity index (χ1) is 8.09. The van der Waals surface area contributed by atoms with Crippen LogP contribution >= 0.6 is 0 Å². The van der Waals surface area contributed by atoms with Crippen molar-refractivity contribution in [2.45, 2.75) is 44.3 Å². The number of anilines is 1. The fraction of sp³-hybridized carbons (Fsp3) is 0.615. The Morgan fingerprint density at radius 1 is 1.59 bits per heavy atom. The van der Waals surface area contributed by atoms with E-state index in [0.717, 1.165) is 13.0 Å². The second-order valence-electron chi connectivity index (χ2n) is 4.98. The molecule has 4 heteroatoms. The van der Waals surface area contributed by atoms with Crippen LogP contribution in [0, 0.1) is 0 Å². The monoisotopic (exact) mass is 237 g/mol. The molecule has 0 aromatic carbocycles. The fourth-order valence-electron chi connectivity index (χ4n) is 2.53. The summed E-state index contributed by atoms with van der Waals surface area (Å²) in [5.74, 6) is 0.299. The van der Waals surface area contributed by atoms with Crippen LogP contribution in [0.25, 0.3) is 0 Å². The van der Waals surface area contributed by atoms with Crippen LogP contribution in [0.2, 0.25) is 0 Å². The molecule has 2 heterocycles. The molecule has 0 radical (unpaired) electrons. The molecule has 17 heavy (non-hydrogen) atoms. The molecular formula is C13H20FN3. The molecule has 0 amide bonds. The largest absolute Gasteiger partial charge is 0.383 e. The predicted octanol–water partition coefficient (Wildman–Crippen LogP) is 2.38. The molecule has 0 spiro atoms. The Balaban J connectivity index is 2.10. The number of nitrogens with zero attached hydrogens (tertiary/aromatic N) is 1. The van der Waals surface area contributed by atoms with E-state index in [-0.39, 0.29) is 6.04 Å². The van der Waals surface area contributed by atoms with Crippen LogP contribution in [-0.4, -0.2) is 17.6 Å². The number of pyridine rings is 1. The number of nitrogen functional groups attached to an aromatic ring is 1. The van der Waals surface area contributed by atoms with Gasteiger partial charge in [0.25, 0.3) is 0 Å². The van der Waals surface area contributed by atoms with Crippen LogP contribution in [0.3, 0.4) is 0 Å². The summed E-state index contributed by atoms with van der Waals surface area (Å²) < 4.78 is 14.7. The highest BCUT2D eigenvalue weighted by Crippen LogP contribution is 2.34. The molecule has 0 bridgehead atoms. The Hall–Kier alpha value is -1.16. The number of hydrogen-bond donors (Lipinski definition) is 2. The average Bonchev–Trinajstić information content (AvgIpc) is 2.30. The van der Waals surface area contributed by atoms with E-state index in [1.807, 2.05) is 0 Å². The highest BCUT2D eigenvalue weighted by molar-refractivity contribution is 5.42. The van der Waals surface area contributed by atoms with Crippen molar-refractivity contribution in [1.29, 1.82) is 0 Å². The molecule has 0 aliphatic carbocycles. The highest BCUT2D eigenvalue weighted by atomic mass is 19.1. The van der Waals surface area contributed by atoms with Crippen LogP contribution in [0.15, 0.2) is 18.3 Å². The maximum absolute atomic E-state index is 14.7. The molecule has 2 unspecified atom stereocenters. The minimum Gasteiger partial charge on any atom is -0.383 e. The summed E-state index contributed by atoms with van der Waals surface area (Å²) in [6, 6.07) is 3.71. The van der Waals surface area contributed by atoms with Crippen molar-refractivity contribution in [3.05, 3.63) is 23.9 Å². The topological polar surface area (TPSA) is 50.9 Å². The van der Waals surface area contributed by atoms with Crippen molar-refractivity contribution < 1.29 is 4.39 Å². The van der Waals surface area contributed by atoms with Crippen LogP contribution in [0.1, 0.15) is 38.2 Å². The zero-order valence-electron chi connectivity index (χ0n) is 10.2. The van der Waals surface area contributed by atoms with E-state index in [1.165, 1.54) is 12.8 Å². The van der Waals surface area contributed by atoms with Crippen molar-refractivity contribution in [3.8, 4) is 0 Å².